The van der Waals surface area contributed by atoms with Crippen molar-refractivity contribution in [2.45, 2.75) is 45.8 Å². The average Bonchev–Trinajstić information content (AvgIpc) is 2.66. The van der Waals surface area contributed by atoms with Crippen LogP contribution in [0.3, 0.4) is 0 Å². The average molecular weight is 317 g/mol. The molecule has 0 aromatic heterocycles. The Hall–Kier alpha value is -1.63. The number of carbonyl (C=O) groups is 1. The number of rotatable bonds is 4. The van der Waals surface area contributed by atoms with E-state index in [1.54, 1.807) is 24.3 Å². The maximum absolute atomic E-state index is 11.6. The van der Waals surface area contributed by atoms with Crippen LogP contribution in [0.15, 0.2) is 23.7 Å². The molecule has 1 fully saturated rings. The van der Waals surface area contributed by atoms with Crippen molar-refractivity contribution in [2.24, 2.45) is 0 Å². The molecule has 1 saturated heterocycles. The summed E-state index contributed by atoms with van der Waals surface area (Å²) in [6.45, 7) is 9.10. The number of Topliss-reactive ketones (excluding diaryl/α,β-unsaturated/α-hetero) is 1. The van der Waals surface area contributed by atoms with Crippen LogP contribution in [0.4, 0.5) is 5.69 Å². The maximum Gasteiger partial charge on any atom is 0.492 e. The molecule has 23 heavy (non-hydrogen) atoms. The number of nitrogen functional groups attached to an aromatic ring is 1. The maximum atomic E-state index is 11.6. The van der Waals surface area contributed by atoms with Gasteiger partial charge in [0.1, 0.15) is 0 Å². The second-order valence-electron chi connectivity index (χ2n) is 6.87. The van der Waals surface area contributed by atoms with Crippen LogP contribution in [0.1, 0.15) is 50.5 Å². The number of hydrogen-bond acceptors (Lipinski definition) is 5. The molecule has 3 N–H and O–H groups in total. The number of anilines is 1. The molecule has 0 atom stereocenters. The Labute approximate surface area is 137 Å². The lowest BCUT2D eigenvalue weighted by atomic mass is 9.77. The van der Waals surface area contributed by atoms with Gasteiger partial charge in [0.15, 0.2) is 5.78 Å². The second kappa shape index (κ2) is 6.11. The minimum absolute atomic E-state index is 0.0982. The number of aliphatic hydroxyl groups is 1. The highest BCUT2D eigenvalue weighted by atomic mass is 16.7. The van der Waals surface area contributed by atoms with E-state index in [9.17, 15) is 9.90 Å². The van der Waals surface area contributed by atoms with E-state index in [1.165, 1.54) is 6.92 Å². The summed E-state index contributed by atoms with van der Waals surface area (Å²) >= 11 is 0. The van der Waals surface area contributed by atoms with Gasteiger partial charge in [0.25, 0.3) is 0 Å². The predicted molar refractivity (Wildman–Crippen MR) is 92.0 cm³/mol. The number of hydrogen-bond donors (Lipinski definition) is 2. The van der Waals surface area contributed by atoms with E-state index in [1.807, 2.05) is 27.7 Å². The molecule has 5 nitrogen and oxygen atoms in total. The van der Waals surface area contributed by atoms with Gasteiger partial charge >= 0.3 is 7.12 Å². The standard InChI is InChI=1S/C17H24BNO4/c1-11(21)14-9-12(6-7-15(14)19)8-13(10-20)18-22-16(2,3)17(4,5)23-18/h6-9,20H,10,19H2,1-5H3. The summed E-state index contributed by atoms with van der Waals surface area (Å²) in [5.74, 6) is -0.0982. The minimum Gasteiger partial charge on any atom is -0.400 e. The van der Waals surface area contributed by atoms with E-state index in [2.05, 4.69) is 0 Å². The lowest BCUT2D eigenvalue weighted by Crippen LogP contribution is -2.41. The largest absolute Gasteiger partial charge is 0.492 e. The highest BCUT2D eigenvalue weighted by Gasteiger charge is 2.52. The van der Waals surface area contributed by atoms with E-state index < -0.39 is 18.3 Å². The summed E-state index contributed by atoms with van der Waals surface area (Å²) in [4.78, 5) is 11.6. The molecule has 1 aliphatic rings. The summed E-state index contributed by atoms with van der Waals surface area (Å²) in [5.41, 5.74) is 7.13. The van der Waals surface area contributed by atoms with Gasteiger partial charge in [-0.3, -0.25) is 4.79 Å². The zero-order valence-electron chi connectivity index (χ0n) is 14.3. The number of aliphatic hydroxyl groups excluding tert-OH is 1. The van der Waals surface area contributed by atoms with Gasteiger partial charge in [-0.05, 0) is 57.8 Å². The van der Waals surface area contributed by atoms with E-state index in [0.717, 1.165) is 5.56 Å². The molecule has 0 bridgehead atoms. The third-order valence-electron chi connectivity index (χ3n) is 4.55. The first-order valence-corrected chi connectivity index (χ1v) is 7.65. The number of ketones is 1. The fraction of sp³-hybridized carbons (Fsp3) is 0.471. The van der Waals surface area contributed by atoms with Crippen LogP contribution < -0.4 is 5.73 Å². The van der Waals surface area contributed by atoms with Crippen LogP contribution in [0.25, 0.3) is 6.08 Å². The SMILES string of the molecule is CC(=O)c1cc(C=C(CO)B2OC(C)(C)C(C)(C)O2)ccc1N. The van der Waals surface area contributed by atoms with Crippen molar-refractivity contribution in [3.05, 3.63) is 34.8 Å². The van der Waals surface area contributed by atoms with Crippen LogP contribution in [0.2, 0.25) is 0 Å². The van der Waals surface area contributed by atoms with Crippen molar-refractivity contribution < 1.29 is 19.2 Å². The van der Waals surface area contributed by atoms with Crippen molar-refractivity contribution in [2.75, 3.05) is 12.3 Å². The van der Waals surface area contributed by atoms with Gasteiger partial charge in [-0.1, -0.05) is 12.1 Å². The lowest BCUT2D eigenvalue weighted by molar-refractivity contribution is 0.00578. The quantitative estimate of drug-likeness (QED) is 0.506. The first kappa shape index (κ1) is 17.7. The Morgan fingerprint density at radius 2 is 1.83 bits per heavy atom. The van der Waals surface area contributed by atoms with E-state index in [-0.39, 0.29) is 12.4 Å². The highest BCUT2D eigenvalue weighted by molar-refractivity contribution is 6.55. The van der Waals surface area contributed by atoms with Gasteiger partial charge in [0.05, 0.1) is 17.8 Å². The first-order valence-electron chi connectivity index (χ1n) is 7.65. The number of carbonyl (C=O) groups excluding carboxylic acids is 1. The van der Waals surface area contributed by atoms with E-state index >= 15 is 0 Å². The van der Waals surface area contributed by atoms with Gasteiger partial charge in [-0.25, -0.2) is 0 Å². The van der Waals surface area contributed by atoms with Crippen molar-refractivity contribution in [1.29, 1.82) is 0 Å². The fourth-order valence-corrected chi connectivity index (χ4v) is 2.37. The molecule has 0 spiro atoms. The number of nitrogens with two attached hydrogens (primary N) is 1. The molecule has 124 valence electrons. The lowest BCUT2D eigenvalue weighted by Gasteiger charge is -2.32. The third kappa shape index (κ3) is 3.49. The highest BCUT2D eigenvalue weighted by Crippen LogP contribution is 2.38. The van der Waals surface area contributed by atoms with E-state index in [0.29, 0.717) is 16.7 Å². The van der Waals surface area contributed by atoms with Gasteiger partial charge in [-0.15, -0.1) is 0 Å². The zero-order valence-corrected chi connectivity index (χ0v) is 14.3. The van der Waals surface area contributed by atoms with Gasteiger partial charge in [0.2, 0.25) is 0 Å². The summed E-state index contributed by atoms with van der Waals surface area (Å²) in [5, 5.41) is 9.70. The Morgan fingerprint density at radius 1 is 1.26 bits per heavy atom. The van der Waals surface area contributed by atoms with Gasteiger partial charge in [0, 0.05) is 11.3 Å². The molecule has 2 rings (SSSR count). The molecule has 1 aromatic rings. The number of benzene rings is 1. The Balaban J connectivity index is 2.34. The van der Waals surface area contributed by atoms with Crippen LogP contribution in [0.5, 0.6) is 0 Å². The molecule has 0 saturated carbocycles. The van der Waals surface area contributed by atoms with E-state index in [4.69, 9.17) is 15.0 Å². The first-order chi connectivity index (χ1) is 10.6. The topological polar surface area (TPSA) is 81.8 Å². The fourth-order valence-electron chi connectivity index (χ4n) is 2.37. The molecule has 0 radical (unpaired) electrons. The zero-order chi connectivity index (χ0) is 17.4. The Bertz CT molecular complexity index is 636. The van der Waals surface area contributed by atoms with Gasteiger partial charge < -0.3 is 20.1 Å². The molecule has 6 heteroatoms. The third-order valence-corrected chi connectivity index (χ3v) is 4.55. The molecule has 1 aliphatic heterocycles. The van der Waals surface area contributed by atoms with Gasteiger partial charge in [-0.2, -0.15) is 0 Å². The van der Waals surface area contributed by atoms with Crippen LogP contribution in [-0.4, -0.2) is 35.8 Å². The molecule has 0 amide bonds. The molecular weight excluding hydrogens is 293 g/mol. The van der Waals surface area contributed by atoms with Crippen molar-refractivity contribution in [3.63, 3.8) is 0 Å². The molecule has 1 aromatic carbocycles. The smallest absolute Gasteiger partial charge is 0.400 e. The van der Waals surface area contributed by atoms with Crippen LogP contribution in [0, 0.1) is 0 Å². The summed E-state index contributed by atoms with van der Waals surface area (Å²) in [7, 11) is -0.622. The Kier molecular flexibility index (Phi) is 4.71. The monoisotopic (exact) mass is 317 g/mol. The molecule has 0 aliphatic carbocycles. The summed E-state index contributed by atoms with van der Waals surface area (Å²) in [6.07, 6.45) is 1.77. The normalized spacial score (nSPS) is 19.9. The summed E-state index contributed by atoms with van der Waals surface area (Å²) < 4.78 is 11.9. The van der Waals surface area contributed by atoms with Crippen molar-refractivity contribution in [1.82, 2.24) is 0 Å². The minimum atomic E-state index is -0.622. The summed E-state index contributed by atoms with van der Waals surface area (Å²) in [6, 6.07) is 5.18. The Morgan fingerprint density at radius 3 is 2.30 bits per heavy atom. The van der Waals surface area contributed by atoms with Crippen LogP contribution >= 0.6 is 0 Å². The predicted octanol–water partition coefficient (Wildman–Crippen LogP) is 2.48. The van der Waals surface area contributed by atoms with Crippen LogP contribution in [-0.2, 0) is 9.31 Å². The second-order valence-corrected chi connectivity index (χ2v) is 6.87. The molecular formula is C17H24BNO4. The molecule has 1 heterocycles. The molecule has 0 unspecified atom stereocenters. The van der Waals surface area contributed by atoms with Crippen molar-refractivity contribution >= 4 is 24.7 Å². The van der Waals surface area contributed by atoms with Crippen molar-refractivity contribution in [3.8, 4) is 0 Å².